The Balaban J connectivity index is 2.27. The Bertz CT molecular complexity index is 505. The molecule has 1 aromatic carbocycles. The summed E-state index contributed by atoms with van der Waals surface area (Å²) >= 11 is 0. The zero-order valence-corrected chi connectivity index (χ0v) is 10.4. The summed E-state index contributed by atoms with van der Waals surface area (Å²) in [5.41, 5.74) is 3.37. The molecule has 0 atom stereocenters. The molecule has 0 aliphatic heterocycles. The predicted molar refractivity (Wildman–Crippen MR) is 66.8 cm³/mol. The highest BCUT2D eigenvalue weighted by Gasteiger charge is 2.10. The summed E-state index contributed by atoms with van der Waals surface area (Å²) in [5, 5.41) is 11.2. The smallest absolute Gasteiger partial charge is 0.248 e. The Morgan fingerprint density at radius 3 is 2.82 bits per heavy atom. The van der Waals surface area contributed by atoms with Gasteiger partial charge in [-0.05, 0) is 32.5 Å². The van der Waals surface area contributed by atoms with Gasteiger partial charge in [0.15, 0.2) is 0 Å². The highest BCUT2D eigenvalue weighted by molar-refractivity contribution is 5.59. The fraction of sp³-hybridized carbons (Fsp3) is 0.385. The van der Waals surface area contributed by atoms with Crippen LogP contribution >= 0.6 is 0 Å². The Kier molecular flexibility index (Phi) is 3.54. The van der Waals surface area contributed by atoms with E-state index in [4.69, 9.17) is 4.42 Å². The number of hydrogen-bond acceptors (Lipinski definition) is 4. The third-order valence-corrected chi connectivity index (χ3v) is 2.68. The van der Waals surface area contributed by atoms with Crippen LogP contribution in [-0.2, 0) is 6.42 Å². The highest BCUT2D eigenvalue weighted by Crippen LogP contribution is 2.23. The fourth-order valence-corrected chi connectivity index (χ4v) is 1.66. The number of aryl methyl sites for hydroxylation is 2. The van der Waals surface area contributed by atoms with Crippen molar-refractivity contribution in [3.05, 3.63) is 35.2 Å². The van der Waals surface area contributed by atoms with Crippen molar-refractivity contribution in [3.8, 4) is 11.5 Å². The maximum atomic E-state index is 5.65. The molecule has 0 radical (unpaired) electrons. The lowest BCUT2D eigenvalue weighted by Crippen LogP contribution is -2.10. The number of benzene rings is 1. The summed E-state index contributed by atoms with van der Waals surface area (Å²) < 4.78 is 5.65. The molecule has 4 heteroatoms. The molecule has 1 N–H and O–H groups in total. The molecule has 0 saturated heterocycles. The topological polar surface area (TPSA) is 51.0 Å². The third-order valence-electron chi connectivity index (χ3n) is 2.68. The molecule has 1 aromatic heterocycles. The molecular formula is C13H17N3O. The van der Waals surface area contributed by atoms with E-state index in [-0.39, 0.29) is 0 Å². The highest BCUT2D eigenvalue weighted by atomic mass is 16.4. The van der Waals surface area contributed by atoms with Gasteiger partial charge in [0, 0.05) is 18.5 Å². The number of nitrogens with one attached hydrogen (secondary N) is 1. The summed E-state index contributed by atoms with van der Waals surface area (Å²) in [5.74, 6) is 1.28. The van der Waals surface area contributed by atoms with Gasteiger partial charge in [0.05, 0.1) is 0 Å². The van der Waals surface area contributed by atoms with Crippen LogP contribution in [0.3, 0.4) is 0 Å². The van der Waals surface area contributed by atoms with Gasteiger partial charge in [-0.2, -0.15) is 0 Å². The summed E-state index contributed by atoms with van der Waals surface area (Å²) in [4.78, 5) is 0. The molecule has 1 heterocycles. The van der Waals surface area contributed by atoms with Crippen LogP contribution in [0.15, 0.2) is 22.6 Å². The summed E-state index contributed by atoms with van der Waals surface area (Å²) in [6.45, 7) is 4.95. The summed E-state index contributed by atoms with van der Waals surface area (Å²) in [7, 11) is 1.90. The average Bonchev–Trinajstić information content (AvgIpc) is 2.78. The van der Waals surface area contributed by atoms with Crippen molar-refractivity contribution in [2.45, 2.75) is 20.3 Å². The zero-order valence-electron chi connectivity index (χ0n) is 10.4. The second-order valence-corrected chi connectivity index (χ2v) is 4.17. The van der Waals surface area contributed by atoms with Gasteiger partial charge in [0.1, 0.15) is 0 Å². The van der Waals surface area contributed by atoms with Gasteiger partial charge in [-0.3, -0.25) is 0 Å². The van der Waals surface area contributed by atoms with E-state index in [1.807, 2.05) is 14.0 Å². The first-order chi connectivity index (χ1) is 8.20. The lowest BCUT2D eigenvalue weighted by atomic mass is 10.1. The maximum Gasteiger partial charge on any atom is 0.248 e. The Labute approximate surface area is 101 Å². The average molecular weight is 231 g/mol. The first kappa shape index (κ1) is 11.8. The first-order valence-electron chi connectivity index (χ1n) is 5.75. The molecule has 2 rings (SSSR count). The molecule has 0 saturated carbocycles. The van der Waals surface area contributed by atoms with Crippen molar-refractivity contribution >= 4 is 0 Å². The van der Waals surface area contributed by atoms with Crippen LogP contribution in [0.5, 0.6) is 0 Å². The maximum absolute atomic E-state index is 5.65. The van der Waals surface area contributed by atoms with E-state index in [0.717, 1.165) is 24.1 Å². The minimum Gasteiger partial charge on any atom is -0.421 e. The van der Waals surface area contributed by atoms with Crippen LogP contribution in [0.4, 0.5) is 0 Å². The largest absolute Gasteiger partial charge is 0.421 e. The molecule has 0 aliphatic carbocycles. The molecule has 0 unspecified atom stereocenters. The zero-order chi connectivity index (χ0) is 12.3. The van der Waals surface area contributed by atoms with Crippen molar-refractivity contribution in [2.75, 3.05) is 13.6 Å². The van der Waals surface area contributed by atoms with Crippen LogP contribution in [0, 0.1) is 13.8 Å². The van der Waals surface area contributed by atoms with Gasteiger partial charge in [-0.1, -0.05) is 17.7 Å². The van der Waals surface area contributed by atoms with Crippen molar-refractivity contribution < 1.29 is 4.42 Å². The number of aromatic nitrogens is 2. The van der Waals surface area contributed by atoms with Crippen LogP contribution in [0.2, 0.25) is 0 Å². The molecule has 0 spiro atoms. The molecule has 0 fully saturated rings. The van der Waals surface area contributed by atoms with Crippen molar-refractivity contribution in [1.29, 1.82) is 0 Å². The number of hydrogen-bond donors (Lipinski definition) is 1. The number of rotatable bonds is 4. The monoisotopic (exact) mass is 231 g/mol. The Morgan fingerprint density at radius 2 is 2.06 bits per heavy atom. The number of nitrogens with zero attached hydrogens (tertiary/aromatic N) is 2. The van der Waals surface area contributed by atoms with Gasteiger partial charge in [0.2, 0.25) is 11.8 Å². The fourth-order valence-electron chi connectivity index (χ4n) is 1.66. The normalized spacial score (nSPS) is 10.8. The van der Waals surface area contributed by atoms with Gasteiger partial charge in [-0.25, -0.2) is 0 Å². The van der Waals surface area contributed by atoms with Crippen LogP contribution in [0.1, 0.15) is 17.0 Å². The van der Waals surface area contributed by atoms with E-state index >= 15 is 0 Å². The van der Waals surface area contributed by atoms with Gasteiger partial charge < -0.3 is 9.73 Å². The SMILES string of the molecule is CNCCc1nnc(-c2cc(C)ccc2C)o1. The van der Waals surface area contributed by atoms with Gasteiger partial charge in [0.25, 0.3) is 0 Å². The van der Waals surface area contributed by atoms with Gasteiger partial charge in [-0.15, -0.1) is 10.2 Å². The van der Waals surface area contributed by atoms with Crippen molar-refractivity contribution in [3.63, 3.8) is 0 Å². The van der Waals surface area contributed by atoms with E-state index in [1.165, 1.54) is 5.56 Å². The standard InChI is InChI=1S/C13H17N3O/c1-9-4-5-10(2)11(8-9)13-16-15-12(17-13)6-7-14-3/h4-5,8,14H,6-7H2,1-3H3. The van der Waals surface area contributed by atoms with E-state index < -0.39 is 0 Å². The van der Waals surface area contributed by atoms with Crippen LogP contribution in [-0.4, -0.2) is 23.8 Å². The molecule has 0 aliphatic rings. The van der Waals surface area contributed by atoms with Gasteiger partial charge >= 0.3 is 0 Å². The van der Waals surface area contributed by atoms with E-state index in [0.29, 0.717) is 11.8 Å². The molecule has 2 aromatic rings. The van der Waals surface area contributed by atoms with Crippen LogP contribution < -0.4 is 5.32 Å². The van der Waals surface area contributed by atoms with Crippen molar-refractivity contribution in [2.24, 2.45) is 0 Å². The summed E-state index contributed by atoms with van der Waals surface area (Å²) in [6, 6.07) is 6.23. The molecule has 4 nitrogen and oxygen atoms in total. The molecular weight excluding hydrogens is 214 g/mol. The Hall–Kier alpha value is -1.68. The second-order valence-electron chi connectivity index (χ2n) is 4.17. The molecule has 0 bridgehead atoms. The predicted octanol–water partition coefficient (Wildman–Crippen LogP) is 2.12. The Morgan fingerprint density at radius 1 is 1.24 bits per heavy atom. The first-order valence-corrected chi connectivity index (χ1v) is 5.75. The molecule has 0 amide bonds. The van der Waals surface area contributed by atoms with Crippen LogP contribution in [0.25, 0.3) is 11.5 Å². The minimum absolute atomic E-state index is 0.609. The second kappa shape index (κ2) is 5.10. The van der Waals surface area contributed by atoms with E-state index in [1.54, 1.807) is 0 Å². The van der Waals surface area contributed by atoms with E-state index in [2.05, 4.69) is 40.6 Å². The molecule has 17 heavy (non-hydrogen) atoms. The third kappa shape index (κ3) is 2.71. The summed E-state index contributed by atoms with van der Waals surface area (Å²) in [6.07, 6.45) is 0.758. The lowest BCUT2D eigenvalue weighted by Gasteiger charge is -2.01. The quantitative estimate of drug-likeness (QED) is 0.875. The lowest BCUT2D eigenvalue weighted by molar-refractivity contribution is 0.500. The van der Waals surface area contributed by atoms with Crippen molar-refractivity contribution in [1.82, 2.24) is 15.5 Å². The number of likely N-dealkylation sites (N-methyl/N-ethyl adjacent to an activating group) is 1. The minimum atomic E-state index is 0.609. The molecule has 90 valence electrons. The van der Waals surface area contributed by atoms with E-state index in [9.17, 15) is 0 Å².